The molecule has 2 aromatic carbocycles. The number of benzene rings is 2. The third kappa shape index (κ3) is 4.92. The van der Waals surface area contributed by atoms with Gasteiger partial charge in [0.1, 0.15) is 17.9 Å². The maximum absolute atomic E-state index is 13.4. The molecule has 0 bridgehead atoms. The molecule has 4 rings (SSSR count). The topological polar surface area (TPSA) is 94.2 Å². The van der Waals surface area contributed by atoms with E-state index in [1.54, 1.807) is 62.0 Å². The van der Waals surface area contributed by atoms with Gasteiger partial charge in [0, 0.05) is 43.5 Å². The van der Waals surface area contributed by atoms with Gasteiger partial charge in [-0.2, -0.15) is 5.26 Å². The van der Waals surface area contributed by atoms with Crippen LogP contribution in [0.1, 0.15) is 30.9 Å². The van der Waals surface area contributed by atoms with Crippen LogP contribution >= 0.6 is 0 Å². The Hall–Kier alpha value is -3.67. The number of aryl methyl sites for hydroxylation is 1. The van der Waals surface area contributed by atoms with Crippen LogP contribution in [0.15, 0.2) is 71.9 Å². The van der Waals surface area contributed by atoms with Crippen LogP contribution in [0.5, 0.6) is 5.75 Å². The van der Waals surface area contributed by atoms with Gasteiger partial charge in [-0.05, 0) is 54.8 Å². The summed E-state index contributed by atoms with van der Waals surface area (Å²) < 4.78 is 39.3. The number of hydrogen-bond donors (Lipinski definition) is 0. The molecule has 8 heteroatoms. The predicted octanol–water partition coefficient (Wildman–Crippen LogP) is 5.31. The minimum absolute atomic E-state index is 0.0716. The van der Waals surface area contributed by atoms with Crippen LogP contribution in [0.4, 0.5) is 0 Å². The van der Waals surface area contributed by atoms with Gasteiger partial charge in [-0.1, -0.05) is 31.2 Å². The number of nitrogens with zero attached hydrogens (tertiary/aromatic N) is 3. The molecule has 35 heavy (non-hydrogen) atoms. The number of rotatable bonds is 9. The van der Waals surface area contributed by atoms with Crippen LogP contribution in [-0.4, -0.2) is 37.2 Å². The van der Waals surface area contributed by atoms with Crippen molar-refractivity contribution in [2.45, 2.75) is 37.7 Å². The zero-order valence-corrected chi connectivity index (χ0v) is 20.7. The normalized spacial score (nSPS) is 12.4. The largest absolute Gasteiger partial charge is 0.489 e. The Kier molecular flexibility index (Phi) is 7.20. The van der Waals surface area contributed by atoms with Crippen LogP contribution in [0, 0.1) is 18.3 Å². The number of pyridine rings is 1. The second kappa shape index (κ2) is 10.3. The molecular weight excluding hydrogens is 462 g/mol. The van der Waals surface area contributed by atoms with Crippen LogP contribution < -0.4 is 4.74 Å². The lowest BCUT2D eigenvalue weighted by molar-refractivity contribution is 0.123. The molecule has 0 aliphatic carbocycles. The molecule has 0 spiro atoms. The zero-order chi connectivity index (χ0) is 25.0. The molecule has 4 aromatic rings. The highest BCUT2D eigenvalue weighted by Gasteiger charge is 2.23. The van der Waals surface area contributed by atoms with E-state index in [2.05, 4.69) is 11.1 Å². The molecule has 180 valence electrons. The van der Waals surface area contributed by atoms with E-state index in [-0.39, 0.29) is 11.0 Å². The first-order valence-corrected chi connectivity index (χ1v) is 12.8. The third-order valence-corrected chi connectivity index (χ3v) is 7.52. The number of nitriles is 1. The Morgan fingerprint density at radius 1 is 1.14 bits per heavy atom. The average Bonchev–Trinajstić information content (AvgIpc) is 3.26. The van der Waals surface area contributed by atoms with Crippen LogP contribution in [0.3, 0.4) is 0 Å². The molecule has 0 fully saturated rings. The number of ether oxygens (including phenoxy) is 2. The van der Waals surface area contributed by atoms with E-state index in [1.807, 2.05) is 26.0 Å². The van der Waals surface area contributed by atoms with Crippen molar-refractivity contribution in [1.82, 2.24) is 8.96 Å². The van der Waals surface area contributed by atoms with E-state index in [4.69, 9.17) is 9.47 Å². The molecule has 0 N–H and O–H groups in total. The summed E-state index contributed by atoms with van der Waals surface area (Å²) in [6.07, 6.45) is 4.65. The van der Waals surface area contributed by atoms with Crippen molar-refractivity contribution in [2.75, 3.05) is 13.7 Å². The number of hydrogen-bond acceptors (Lipinski definition) is 6. The highest BCUT2D eigenvalue weighted by atomic mass is 32.2. The maximum atomic E-state index is 13.4. The minimum atomic E-state index is -3.86. The number of fused-ring (bicyclic) bond motifs is 1. The monoisotopic (exact) mass is 489 g/mol. The molecule has 2 heterocycles. The summed E-state index contributed by atoms with van der Waals surface area (Å²) in [5, 5.41) is 10.5. The standard InChI is InChI=1S/C27H27N3O4S/c1-4-22(12-13-33-3)34-26-11-10-20(15-21(26)16-28)25-18-30(27-24(25)14-19(2)17-29-27)35(31,32)23-8-6-5-7-9-23/h5-11,14-15,17-18,22H,4,12-13H2,1-3H3. The zero-order valence-electron chi connectivity index (χ0n) is 19.9. The SMILES string of the molecule is CCC(CCOC)Oc1ccc(-c2cn(S(=O)(=O)c3ccccc3)c3ncc(C)cc23)cc1C#N. The van der Waals surface area contributed by atoms with Crippen molar-refractivity contribution < 1.29 is 17.9 Å². The summed E-state index contributed by atoms with van der Waals surface area (Å²) >= 11 is 0. The van der Waals surface area contributed by atoms with Gasteiger partial charge < -0.3 is 9.47 Å². The summed E-state index contributed by atoms with van der Waals surface area (Å²) in [5.74, 6) is 0.495. The average molecular weight is 490 g/mol. The number of methoxy groups -OCH3 is 1. The molecule has 0 amide bonds. The van der Waals surface area contributed by atoms with Gasteiger partial charge >= 0.3 is 0 Å². The molecule has 0 aliphatic rings. The lowest BCUT2D eigenvalue weighted by Crippen LogP contribution is -2.18. The molecule has 1 atom stereocenters. The quantitative estimate of drug-likeness (QED) is 0.316. The second-order valence-electron chi connectivity index (χ2n) is 8.29. The highest BCUT2D eigenvalue weighted by molar-refractivity contribution is 7.90. The smallest absolute Gasteiger partial charge is 0.269 e. The fourth-order valence-corrected chi connectivity index (χ4v) is 5.31. The molecule has 0 radical (unpaired) electrons. The van der Waals surface area contributed by atoms with Crippen LogP contribution in [-0.2, 0) is 14.8 Å². The van der Waals surface area contributed by atoms with Gasteiger partial charge in [-0.25, -0.2) is 17.4 Å². The summed E-state index contributed by atoms with van der Waals surface area (Å²) in [4.78, 5) is 4.61. The Morgan fingerprint density at radius 3 is 2.60 bits per heavy atom. The molecular formula is C27H27N3O4S. The van der Waals surface area contributed by atoms with Crippen molar-refractivity contribution in [3.63, 3.8) is 0 Å². The molecule has 0 saturated heterocycles. The van der Waals surface area contributed by atoms with E-state index < -0.39 is 10.0 Å². The molecule has 0 aliphatic heterocycles. The van der Waals surface area contributed by atoms with E-state index in [9.17, 15) is 13.7 Å². The molecule has 2 aromatic heterocycles. The first-order chi connectivity index (χ1) is 16.9. The second-order valence-corrected chi connectivity index (χ2v) is 10.1. The van der Waals surface area contributed by atoms with Crippen molar-refractivity contribution in [1.29, 1.82) is 5.26 Å². The van der Waals surface area contributed by atoms with E-state index >= 15 is 0 Å². The first-order valence-electron chi connectivity index (χ1n) is 11.4. The highest BCUT2D eigenvalue weighted by Crippen LogP contribution is 2.35. The van der Waals surface area contributed by atoms with Gasteiger partial charge in [0.15, 0.2) is 5.65 Å². The lowest BCUT2D eigenvalue weighted by atomic mass is 10.0. The van der Waals surface area contributed by atoms with Gasteiger partial charge in [0.25, 0.3) is 10.0 Å². The summed E-state index contributed by atoms with van der Waals surface area (Å²) in [7, 11) is -2.22. The maximum Gasteiger partial charge on any atom is 0.269 e. The van der Waals surface area contributed by atoms with Gasteiger partial charge in [-0.3, -0.25) is 0 Å². The minimum Gasteiger partial charge on any atom is -0.489 e. The van der Waals surface area contributed by atoms with Crippen LogP contribution in [0.25, 0.3) is 22.2 Å². The van der Waals surface area contributed by atoms with Crippen molar-refractivity contribution in [3.05, 3.63) is 78.1 Å². The first kappa shape index (κ1) is 24.5. The van der Waals surface area contributed by atoms with E-state index in [0.29, 0.717) is 40.1 Å². The predicted molar refractivity (Wildman–Crippen MR) is 135 cm³/mol. The Bertz CT molecular complexity index is 1490. The van der Waals surface area contributed by atoms with Gasteiger partial charge in [-0.15, -0.1) is 0 Å². The van der Waals surface area contributed by atoms with Crippen LogP contribution in [0.2, 0.25) is 0 Å². The summed E-state index contributed by atoms with van der Waals surface area (Å²) in [5.41, 5.74) is 2.99. The fraction of sp³-hybridized carbons (Fsp3) is 0.259. The molecule has 7 nitrogen and oxygen atoms in total. The molecule has 0 saturated carbocycles. The summed E-state index contributed by atoms with van der Waals surface area (Å²) in [6.45, 7) is 4.50. The van der Waals surface area contributed by atoms with Crippen molar-refractivity contribution in [2.24, 2.45) is 0 Å². The van der Waals surface area contributed by atoms with Gasteiger partial charge in [0.05, 0.1) is 10.5 Å². The van der Waals surface area contributed by atoms with Crippen molar-refractivity contribution in [3.8, 4) is 22.9 Å². The van der Waals surface area contributed by atoms with Crippen molar-refractivity contribution >= 4 is 21.1 Å². The van der Waals surface area contributed by atoms with E-state index in [1.165, 1.54) is 3.97 Å². The Balaban J connectivity index is 1.82. The Labute approximate surface area is 205 Å². The van der Waals surface area contributed by atoms with Gasteiger partial charge in [0.2, 0.25) is 0 Å². The lowest BCUT2D eigenvalue weighted by Gasteiger charge is -2.18. The fourth-order valence-electron chi connectivity index (χ4n) is 3.97. The van der Waals surface area contributed by atoms with E-state index in [0.717, 1.165) is 18.4 Å². The third-order valence-electron chi connectivity index (χ3n) is 5.85. The Morgan fingerprint density at radius 2 is 1.91 bits per heavy atom. The summed E-state index contributed by atoms with van der Waals surface area (Å²) in [6, 6.07) is 17.7. The number of aromatic nitrogens is 2. The molecule has 1 unspecified atom stereocenters.